The number of halogens is 1. The van der Waals surface area contributed by atoms with Crippen molar-refractivity contribution in [2.75, 3.05) is 24.6 Å². The summed E-state index contributed by atoms with van der Waals surface area (Å²) in [5.74, 6) is 2.37. The van der Waals surface area contributed by atoms with Crippen molar-refractivity contribution in [3.05, 3.63) is 41.2 Å². The van der Waals surface area contributed by atoms with Gasteiger partial charge in [-0.3, -0.25) is 0 Å². The van der Waals surface area contributed by atoms with Crippen LogP contribution in [-0.2, 0) is 4.79 Å². The summed E-state index contributed by atoms with van der Waals surface area (Å²) in [5, 5.41) is 0.449. The third-order valence-corrected chi connectivity index (χ3v) is 5.30. The zero-order valence-corrected chi connectivity index (χ0v) is 18.0. The summed E-state index contributed by atoms with van der Waals surface area (Å²) in [6.07, 6.45) is 3.87. The van der Waals surface area contributed by atoms with Crippen LogP contribution in [0.3, 0.4) is 0 Å². The SMILES string of the molecule is CCCOc1ncnc(N2CC[C@@H](Oc3ccc([C@H](C)CC(C)=O)cc3)C2)c1Cl. The van der Waals surface area contributed by atoms with E-state index in [1.165, 1.54) is 6.33 Å². The number of benzene rings is 1. The monoisotopic (exact) mass is 417 g/mol. The Morgan fingerprint density at radius 3 is 2.76 bits per heavy atom. The highest BCUT2D eigenvalue weighted by atomic mass is 35.5. The Bertz CT molecular complexity index is 829. The van der Waals surface area contributed by atoms with Gasteiger partial charge in [0.1, 0.15) is 29.0 Å². The first-order valence-corrected chi connectivity index (χ1v) is 10.5. The first kappa shape index (κ1) is 21.4. The van der Waals surface area contributed by atoms with E-state index in [9.17, 15) is 4.79 Å². The molecule has 1 aromatic heterocycles. The normalized spacial score (nSPS) is 17.2. The molecular formula is C22H28ClN3O3. The molecule has 156 valence electrons. The zero-order valence-electron chi connectivity index (χ0n) is 17.2. The van der Waals surface area contributed by atoms with Crippen LogP contribution in [0, 0.1) is 0 Å². The van der Waals surface area contributed by atoms with Crippen molar-refractivity contribution in [3.63, 3.8) is 0 Å². The van der Waals surface area contributed by atoms with Gasteiger partial charge in [-0.25, -0.2) is 9.97 Å². The molecule has 7 heteroatoms. The van der Waals surface area contributed by atoms with E-state index < -0.39 is 0 Å². The summed E-state index contributed by atoms with van der Waals surface area (Å²) in [7, 11) is 0. The Balaban J connectivity index is 1.60. The highest BCUT2D eigenvalue weighted by Gasteiger charge is 2.28. The molecule has 29 heavy (non-hydrogen) atoms. The average Bonchev–Trinajstić information content (AvgIpc) is 3.15. The van der Waals surface area contributed by atoms with Crippen LogP contribution in [0.5, 0.6) is 11.6 Å². The molecule has 2 atom stereocenters. The molecule has 0 bridgehead atoms. The molecule has 1 saturated heterocycles. The standard InChI is InChI=1S/C22H28ClN3O3/c1-4-11-28-22-20(23)21(24-14-25-22)26-10-9-19(13-26)29-18-7-5-17(6-8-18)15(2)12-16(3)27/h5-8,14-15,19H,4,9-13H2,1-3H3/t15-,19-/m1/s1. The molecule has 1 aliphatic rings. The molecule has 0 N–H and O–H groups in total. The van der Waals surface area contributed by atoms with E-state index in [2.05, 4.69) is 21.8 Å². The Kier molecular flexibility index (Phi) is 7.31. The summed E-state index contributed by atoms with van der Waals surface area (Å²) in [4.78, 5) is 21.9. The first-order valence-electron chi connectivity index (χ1n) is 10.1. The zero-order chi connectivity index (χ0) is 20.8. The highest BCUT2D eigenvalue weighted by molar-refractivity contribution is 6.34. The number of ether oxygens (including phenoxy) is 2. The van der Waals surface area contributed by atoms with Crippen molar-refractivity contribution < 1.29 is 14.3 Å². The Hall–Kier alpha value is -2.34. The van der Waals surface area contributed by atoms with Gasteiger partial charge in [-0.15, -0.1) is 0 Å². The largest absolute Gasteiger partial charge is 0.489 e. The molecule has 2 aromatic rings. The molecule has 2 heterocycles. The minimum atomic E-state index is 0.0570. The van der Waals surface area contributed by atoms with Gasteiger partial charge in [-0.1, -0.05) is 37.6 Å². The van der Waals surface area contributed by atoms with Gasteiger partial charge >= 0.3 is 0 Å². The Morgan fingerprint density at radius 1 is 1.31 bits per heavy atom. The van der Waals surface area contributed by atoms with Gasteiger partial charge in [0.15, 0.2) is 5.82 Å². The molecule has 0 spiro atoms. The fraction of sp³-hybridized carbons (Fsp3) is 0.500. The molecule has 0 aliphatic carbocycles. The highest BCUT2D eigenvalue weighted by Crippen LogP contribution is 2.33. The van der Waals surface area contributed by atoms with Crippen LogP contribution >= 0.6 is 11.6 Å². The number of anilines is 1. The second kappa shape index (κ2) is 9.92. The van der Waals surface area contributed by atoms with Gasteiger partial charge in [-0.2, -0.15) is 0 Å². The predicted octanol–water partition coefficient (Wildman–Crippen LogP) is 4.66. The molecule has 3 rings (SSSR count). The second-order valence-corrected chi connectivity index (χ2v) is 7.89. The first-order chi connectivity index (χ1) is 14.0. The summed E-state index contributed by atoms with van der Waals surface area (Å²) in [6, 6.07) is 8.02. The maximum atomic E-state index is 11.3. The molecular weight excluding hydrogens is 390 g/mol. The topological polar surface area (TPSA) is 64.6 Å². The lowest BCUT2D eigenvalue weighted by Gasteiger charge is -2.20. The van der Waals surface area contributed by atoms with Gasteiger partial charge in [0, 0.05) is 19.4 Å². The van der Waals surface area contributed by atoms with E-state index in [-0.39, 0.29) is 17.8 Å². The van der Waals surface area contributed by atoms with Crippen LogP contribution in [-0.4, -0.2) is 41.6 Å². The fourth-order valence-corrected chi connectivity index (χ4v) is 3.77. The average molecular weight is 418 g/mol. The molecule has 0 saturated carbocycles. The molecule has 1 aromatic carbocycles. The van der Waals surface area contributed by atoms with Crippen molar-refractivity contribution in [1.29, 1.82) is 0 Å². The number of hydrogen-bond acceptors (Lipinski definition) is 6. The van der Waals surface area contributed by atoms with Crippen LogP contribution < -0.4 is 14.4 Å². The van der Waals surface area contributed by atoms with Gasteiger partial charge in [0.05, 0.1) is 13.2 Å². The predicted molar refractivity (Wildman–Crippen MR) is 114 cm³/mol. The number of Topliss-reactive ketones (excluding diaryl/α,β-unsaturated/α-hetero) is 1. The lowest BCUT2D eigenvalue weighted by atomic mass is 9.96. The van der Waals surface area contributed by atoms with Crippen LogP contribution in [0.2, 0.25) is 5.02 Å². The third-order valence-electron chi connectivity index (χ3n) is 4.97. The molecule has 0 radical (unpaired) electrons. The third kappa shape index (κ3) is 5.60. The maximum absolute atomic E-state index is 11.3. The van der Waals surface area contributed by atoms with Crippen molar-refractivity contribution in [1.82, 2.24) is 9.97 Å². The molecule has 0 unspecified atom stereocenters. The number of hydrogen-bond donors (Lipinski definition) is 0. The number of ketones is 1. The number of rotatable bonds is 9. The van der Waals surface area contributed by atoms with Crippen molar-refractivity contribution in [3.8, 4) is 11.6 Å². The van der Waals surface area contributed by atoms with E-state index in [4.69, 9.17) is 21.1 Å². The van der Waals surface area contributed by atoms with Gasteiger partial charge < -0.3 is 19.2 Å². The van der Waals surface area contributed by atoms with E-state index in [0.29, 0.717) is 36.3 Å². The van der Waals surface area contributed by atoms with E-state index >= 15 is 0 Å². The summed E-state index contributed by atoms with van der Waals surface area (Å²) in [6.45, 7) is 7.81. The molecule has 1 aliphatic heterocycles. The minimum absolute atomic E-state index is 0.0570. The smallest absolute Gasteiger partial charge is 0.237 e. The van der Waals surface area contributed by atoms with Crippen LogP contribution in [0.1, 0.15) is 51.5 Å². The van der Waals surface area contributed by atoms with Crippen molar-refractivity contribution in [2.45, 2.75) is 52.1 Å². The fourth-order valence-electron chi connectivity index (χ4n) is 3.50. The molecule has 1 fully saturated rings. The van der Waals surface area contributed by atoms with E-state index in [1.54, 1.807) is 6.92 Å². The van der Waals surface area contributed by atoms with Gasteiger partial charge in [0.25, 0.3) is 0 Å². The van der Waals surface area contributed by atoms with Crippen LogP contribution in [0.15, 0.2) is 30.6 Å². The van der Waals surface area contributed by atoms with Gasteiger partial charge in [0.2, 0.25) is 5.88 Å². The summed E-state index contributed by atoms with van der Waals surface area (Å²) in [5.41, 5.74) is 1.15. The second-order valence-electron chi connectivity index (χ2n) is 7.52. The summed E-state index contributed by atoms with van der Waals surface area (Å²) >= 11 is 6.46. The minimum Gasteiger partial charge on any atom is -0.489 e. The maximum Gasteiger partial charge on any atom is 0.237 e. The number of aromatic nitrogens is 2. The van der Waals surface area contributed by atoms with E-state index in [0.717, 1.165) is 30.7 Å². The Morgan fingerprint density at radius 2 is 2.07 bits per heavy atom. The van der Waals surface area contributed by atoms with E-state index in [1.807, 2.05) is 31.2 Å². The van der Waals surface area contributed by atoms with Gasteiger partial charge in [-0.05, 0) is 37.0 Å². The lowest BCUT2D eigenvalue weighted by molar-refractivity contribution is -0.117. The summed E-state index contributed by atoms with van der Waals surface area (Å²) < 4.78 is 11.8. The van der Waals surface area contributed by atoms with Crippen molar-refractivity contribution in [2.24, 2.45) is 0 Å². The quantitative estimate of drug-likeness (QED) is 0.591. The van der Waals surface area contributed by atoms with Crippen LogP contribution in [0.25, 0.3) is 0 Å². The molecule has 0 amide bonds. The lowest BCUT2D eigenvalue weighted by Crippen LogP contribution is -2.25. The number of carbonyl (C=O) groups excluding carboxylic acids is 1. The number of carbonyl (C=O) groups is 1. The number of nitrogens with zero attached hydrogens (tertiary/aromatic N) is 3. The molecule has 6 nitrogen and oxygen atoms in total. The Labute approximate surface area is 177 Å². The van der Waals surface area contributed by atoms with Crippen molar-refractivity contribution >= 4 is 23.2 Å². The van der Waals surface area contributed by atoms with Crippen LogP contribution in [0.4, 0.5) is 5.82 Å².